The molecule has 2 aromatic carbocycles. The predicted molar refractivity (Wildman–Crippen MR) is 90.9 cm³/mol. The number of carboxylic acid groups (broad SMARTS) is 1. The van der Waals surface area contributed by atoms with Crippen LogP contribution in [0.2, 0.25) is 0 Å². The summed E-state index contributed by atoms with van der Waals surface area (Å²) in [7, 11) is 0. The van der Waals surface area contributed by atoms with Crippen molar-refractivity contribution in [2.45, 2.75) is 19.8 Å². The number of aromatic carboxylic acids is 1. The van der Waals surface area contributed by atoms with Crippen LogP contribution in [-0.2, 0) is 4.74 Å². The van der Waals surface area contributed by atoms with Gasteiger partial charge in [-0.1, -0.05) is 19.4 Å². The summed E-state index contributed by atoms with van der Waals surface area (Å²) in [6.07, 6.45) is 1.74. The molecule has 0 aliphatic rings. The second-order valence-corrected chi connectivity index (χ2v) is 5.25. The molecule has 0 radical (unpaired) electrons. The van der Waals surface area contributed by atoms with Gasteiger partial charge < -0.3 is 14.9 Å². The zero-order valence-corrected chi connectivity index (χ0v) is 13.7. The first-order valence-corrected chi connectivity index (χ1v) is 7.76. The highest BCUT2D eigenvalue weighted by Gasteiger charge is 2.10. The number of aromatic hydroxyl groups is 1. The third kappa shape index (κ3) is 5.13. The van der Waals surface area contributed by atoms with E-state index < -0.39 is 11.9 Å². The van der Waals surface area contributed by atoms with Gasteiger partial charge in [0.2, 0.25) is 0 Å². The Morgan fingerprint density at radius 1 is 1.08 bits per heavy atom. The first kappa shape index (κ1) is 18.1. The van der Waals surface area contributed by atoms with E-state index in [1.165, 1.54) is 24.3 Å². The van der Waals surface area contributed by atoms with Crippen LogP contribution in [0.1, 0.15) is 40.5 Å². The van der Waals surface area contributed by atoms with Crippen molar-refractivity contribution in [3.05, 3.63) is 53.6 Å². The number of benzene rings is 2. The molecule has 2 rings (SSSR count). The molecule has 7 nitrogen and oxygen atoms in total. The van der Waals surface area contributed by atoms with Gasteiger partial charge in [0.1, 0.15) is 11.3 Å². The average Bonchev–Trinajstić information content (AvgIpc) is 2.61. The summed E-state index contributed by atoms with van der Waals surface area (Å²) in [5.41, 5.74) is 0.801. The van der Waals surface area contributed by atoms with Gasteiger partial charge in [-0.3, -0.25) is 0 Å². The van der Waals surface area contributed by atoms with Gasteiger partial charge in [0, 0.05) is 0 Å². The number of nitrogens with zero attached hydrogens (tertiary/aromatic N) is 2. The van der Waals surface area contributed by atoms with E-state index >= 15 is 0 Å². The minimum atomic E-state index is -1.26. The molecule has 0 aliphatic carbocycles. The molecule has 0 fully saturated rings. The van der Waals surface area contributed by atoms with E-state index in [-0.39, 0.29) is 17.0 Å². The largest absolute Gasteiger partial charge is 0.507 e. The number of carbonyl (C=O) groups is 2. The summed E-state index contributed by atoms with van der Waals surface area (Å²) in [5.74, 6) is -2.03. The summed E-state index contributed by atoms with van der Waals surface area (Å²) in [6.45, 7) is 2.38. The maximum atomic E-state index is 11.9. The lowest BCUT2D eigenvalue weighted by Crippen LogP contribution is -2.05. The van der Waals surface area contributed by atoms with Crippen molar-refractivity contribution in [3.63, 3.8) is 0 Å². The SMILES string of the molecule is CCCCOC(=O)c1cccc(N=Nc2ccc(O)c(C(=O)O)c2)c1. The lowest BCUT2D eigenvalue weighted by molar-refractivity contribution is 0.0499. The van der Waals surface area contributed by atoms with Crippen LogP contribution in [0.25, 0.3) is 0 Å². The van der Waals surface area contributed by atoms with Gasteiger partial charge in [0.15, 0.2) is 0 Å². The van der Waals surface area contributed by atoms with Gasteiger partial charge in [-0.25, -0.2) is 9.59 Å². The van der Waals surface area contributed by atoms with Gasteiger partial charge in [-0.05, 0) is 42.8 Å². The normalized spacial score (nSPS) is 10.8. The summed E-state index contributed by atoms with van der Waals surface area (Å²) < 4.78 is 5.14. The van der Waals surface area contributed by atoms with E-state index in [4.69, 9.17) is 9.84 Å². The van der Waals surface area contributed by atoms with Crippen LogP contribution in [0, 0.1) is 0 Å². The smallest absolute Gasteiger partial charge is 0.339 e. The van der Waals surface area contributed by atoms with Crippen molar-refractivity contribution in [1.82, 2.24) is 0 Å². The Labute approximate surface area is 144 Å². The Morgan fingerprint density at radius 3 is 2.48 bits per heavy atom. The summed E-state index contributed by atoms with van der Waals surface area (Å²) >= 11 is 0. The molecule has 2 N–H and O–H groups in total. The average molecular weight is 342 g/mol. The molecule has 0 amide bonds. The summed E-state index contributed by atoms with van der Waals surface area (Å²) in [4.78, 5) is 22.9. The predicted octanol–water partition coefficient (Wildman–Crippen LogP) is 4.46. The van der Waals surface area contributed by atoms with Gasteiger partial charge in [-0.2, -0.15) is 10.2 Å². The number of esters is 1. The van der Waals surface area contributed by atoms with Crippen LogP contribution >= 0.6 is 0 Å². The van der Waals surface area contributed by atoms with Crippen LogP contribution < -0.4 is 0 Å². The van der Waals surface area contributed by atoms with Crippen molar-refractivity contribution < 1.29 is 24.5 Å². The topological polar surface area (TPSA) is 109 Å². The highest BCUT2D eigenvalue weighted by Crippen LogP contribution is 2.25. The Bertz CT molecular complexity index is 802. The Balaban J connectivity index is 2.14. The molecule has 7 heteroatoms. The molecule has 0 atom stereocenters. The van der Waals surface area contributed by atoms with Gasteiger partial charge in [0.25, 0.3) is 0 Å². The molecule has 0 aromatic heterocycles. The molecule has 0 saturated carbocycles. The fourth-order valence-electron chi connectivity index (χ4n) is 1.96. The number of rotatable bonds is 7. The van der Waals surface area contributed by atoms with Crippen LogP contribution in [0.15, 0.2) is 52.7 Å². The van der Waals surface area contributed by atoms with E-state index in [2.05, 4.69) is 10.2 Å². The second kappa shape index (κ2) is 8.58. The van der Waals surface area contributed by atoms with Crippen molar-refractivity contribution in [1.29, 1.82) is 0 Å². The maximum Gasteiger partial charge on any atom is 0.339 e. The van der Waals surface area contributed by atoms with Crippen LogP contribution in [-0.4, -0.2) is 28.8 Å². The monoisotopic (exact) mass is 342 g/mol. The van der Waals surface area contributed by atoms with E-state index in [9.17, 15) is 14.7 Å². The molecule has 130 valence electrons. The minimum Gasteiger partial charge on any atom is -0.507 e. The van der Waals surface area contributed by atoms with E-state index in [1.807, 2.05) is 6.92 Å². The second-order valence-electron chi connectivity index (χ2n) is 5.25. The fraction of sp³-hybridized carbons (Fsp3) is 0.222. The minimum absolute atomic E-state index is 0.260. The molecular weight excluding hydrogens is 324 g/mol. The molecule has 25 heavy (non-hydrogen) atoms. The number of carbonyl (C=O) groups excluding carboxylic acids is 1. The van der Waals surface area contributed by atoms with Gasteiger partial charge >= 0.3 is 11.9 Å². The number of ether oxygens (including phenoxy) is 1. The first-order chi connectivity index (χ1) is 12.0. The first-order valence-electron chi connectivity index (χ1n) is 7.76. The van der Waals surface area contributed by atoms with Crippen molar-refractivity contribution in [2.75, 3.05) is 6.61 Å². The van der Waals surface area contributed by atoms with E-state index in [0.717, 1.165) is 12.8 Å². The third-order valence-corrected chi connectivity index (χ3v) is 3.30. The van der Waals surface area contributed by atoms with E-state index in [0.29, 0.717) is 17.9 Å². The summed E-state index contributed by atoms with van der Waals surface area (Å²) in [6, 6.07) is 10.4. The molecule has 2 aromatic rings. The van der Waals surface area contributed by atoms with E-state index in [1.54, 1.807) is 18.2 Å². The zero-order valence-electron chi connectivity index (χ0n) is 13.7. The highest BCUT2D eigenvalue weighted by molar-refractivity contribution is 5.92. The van der Waals surface area contributed by atoms with Crippen molar-refractivity contribution in [3.8, 4) is 5.75 Å². The van der Waals surface area contributed by atoms with Gasteiger partial charge in [0.05, 0.1) is 23.5 Å². The standard InChI is InChI=1S/C18H18N2O5/c1-2-3-9-25-18(24)12-5-4-6-13(10-12)19-20-14-7-8-16(21)15(11-14)17(22)23/h4-8,10-11,21H,2-3,9H2,1H3,(H,22,23). The summed E-state index contributed by atoms with van der Waals surface area (Å²) in [5, 5.41) is 26.4. The Morgan fingerprint density at radius 2 is 1.80 bits per heavy atom. The van der Waals surface area contributed by atoms with Crippen LogP contribution in [0.4, 0.5) is 11.4 Å². The molecule has 0 spiro atoms. The fourth-order valence-corrected chi connectivity index (χ4v) is 1.96. The Hall–Kier alpha value is -3.22. The number of carboxylic acids is 1. The molecule has 0 aliphatic heterocycles. The number of unbranched alkanes of at least 4 members (excludes halogenated alkanes) is 1. The lowest BCUT2D eigenvalue weighted by atomic mass is 10.2. The maximum absolute atomic E-state index is 11.9. The zero-order chi connectivity index (χ0) is 18.2. The molecule has 0 unspecified atom stereocenters. The number of hydrogen-bond acceptors (Lipinski definition) is 6. The van der Waals surface area contributed by atoms with Crippen LogP contribution in [0.3, 0.4) is 0 Å². The molecular formula is C18H18N2O5. The molecule has 0 saturated heterocycles. The Kier molecular flexibility index (Phi) is 6.22. The number of phenols is 1. The van der Waals surface area contributed by atoms with Gasteiger partial charge in [-0.15, -0.1) is 0 Å². The number of hydrogen-bond donors (Lipinski definition) is 2. The van der Waals surface area contributed by atoms with Crippen molar-refractivity contribution in [2.24, 2.45) is 10.2 Å². The lowest BCUT2D eigenvalue weighted by Gasteiger charge is -2.04. The van der Waals surface area contributed by atoms with Crippen molar-refractivity contribution >= 4 is 23.3 Å². The van der Waals surface area contributed by atoms with Crippen LogP contribution in [0.5, 0.6) is 5.75 Å². The molecule has 0 heterocycles. The highest BCUT2D eigenvalue weighted by atomic mass is 16.5. The molecule has 0 bridgehead atoms. The number of azo groups is 1. The quantitative estimate of drug-likeness (QED) is 0.438. The third-order valence-electron chi connectivity index (χ3n) is 3.30.